The van der Waals surface area contributed by atoms with E-state index in [2.05, 4.69) is 64.2 Å². The Hall–Kier alpha value is 0.314. The van der Waals surface area contributed by atoms with Crippen molar-refractivity contribution < 1.29 is 4.12 Å². The van der Waals surface area contributed by atoms with E-state index in [1.807, 2.05) is 0 Å². The molecule has 0 rings (SSSR count). The van der Waals surface area contributed by atoms with Gasteiger partial charge in [-0.15, -0.1) is 0 Å². The zero-order valence-corrected chi connectivity index (χ0v) is 13.7. The van der Waals surface area contributed by atoms with Crippen LogP contribution < -0.4 is 0 Å². The van der Waals surface area contributed by atoms with Crippen molar-refractivity contribution in [2.75, 3.05) is 40.5 Å². The number of hydrogen-bond donors (Lipinski definition) is 0. The maximum atomic E-state index is 6.44. The molecule has 5 heteroatoms. The van der Waals surface area contributed by atoms with Crippen LogP contribution in [0.3, 0.4) is 0 Å². The van der Waals surface area contributed by atoms with Crippen molar-refractivity contribution in [1.29, 1.82) is 0 Å². The molecule has 0 atom stereocenters. The minimum atomic E-state index is -1.60. The summed E-state index contributed by atoms with van der Waals surface area (Å²) in [5.74, 6) is 0. The first kappa shape index (κ1) is 15.3. The van der Waals surface area contributed by atoms with Gasteiger partial charge in [-0.1, -0.05) is 0 Å². The molecule has 0 aliphatic heterocycles. The molecule has 0 saturated heterocycles. The van der Waals surface area contributed by atoms with E-state index in [1.54, 1.807) is 0 Å². The van der Waals surface area contributed by atoms with Gasteiger partial charge in [0.15, 0.2) is 8.32 Å². The summed E-state index contributed by atoms with van der Waals surface area (Å²) in [6.45, 7) is 9.20. The third-order valence-corrected chi connectivity index (χ3v) is 8.88. The van der Waals surface area contributed by atoms with E-state index in [9.17, 15) is 0 Å². The maximum absolute atomic E-state index is 6.44. The van der Waals surface area contributed by atoms with Crippen molar-refractivity contribution in [2.45, 2.75) is 26.2 Å². The Labute approximate surface area is 97.7 Å². The highest BCUT2D eigenvalue weighted by Gasteiger charge is 2.35. The van der Waals surface area contributed by atoms with E-state index in [1.165, 1.54) is 0 Å². The van der Waals surface area contributed by atoms with Crippen LogP contribution in [0.5, 0.6) is 0 Å². The predicted molar refractivity (Wildman–Crippen MR) is 73.2 cm³/mol. The fourth-order valence-corrected chi connectivity index (χ4v) is 11.4. The molecular formula is C10H28N2OSi2. The maximum Gasteiger partial charge on any atom is 0.204 e. The van der Waals surface area contributed by atoms with E-state index in [-0.39, 0.29) is 0 Å². The lowest BCUT2D eigenvalue weighted by Crippen LogP contribution is -2.57. The third-order valence-electron chi connectivity index (χ3n) is 1.85. The second kappa shape index (κ2) is 5.59. The van der Waals surface area contributed by atoms with E-state index < -0.39 is 16.6 Å². The van der Waals surface area contributed by atoms with Crippen LogP contribution in [0.2, 0.25) is 26.2 Å². The lowest BCUT2D eigenvalue weighted by molar-refractivity contribution is 0.386. The molecule has 0 aromatic carbocycles. The normalized spacial score (nSPS) is 14.0. The van der Waals surface area contributed by atoms with Crippen LogP contribution >= 0.6 is 0 Å². The SMILES string of the molecule is CN(C)C[Si](C)(CN(C)C)O[Si](C)(C)C. The van der Waals surface area contributed by atoms with E-state index >= 15 is 0 Å². The Bertz CT molecular complexity index is 180. The molecule has 0 aliphatic carbocycles. The van der Waals surface area contributed by atoms with Gasteiger partial charge < -0.3 is 13.9 Å². The molecule has 15 heavy (non-hydrogen) atoms. The zero-order chi connectivity index (χ0) is 12.3. The van der Waals surface area contributed by atoms with Crippen LogP contribution in [0.25, 0.3) is 0 Å². The van der Waals surface area contributed by atoms with Crippen LogP contribution in [0.1, 0.15) is 0 Å². The first-order valence-electron chi connectivity index (χ1n) is 5.54. The molecule has 0 aromatic heterocycles. The van der Waals surface area contributed by atoms with Gasteiger partial charge in [0.1, 0.15) is 0 Å². The summed E-state index contributed by atoms with van der Waals surface area (Å²) in [4.78, 5) is 4.52. The van der Waals surface area contributed by atoms with Gasteiger partial charge in [-0.2, -0.15) is 0 Å². The standard InChI is InChI=1S/C10H28N2OSi2/c1-11(2)9-15(8,10-12(3)4)13-14(5,6)7/h9-10H2,1-8H3. The second-order valence-electron chi connectivity index (χ2n) is 6.14. The molecule has 0 aromatic rings. The molecule has 0 heterocycles. The summed E-state index contributed by atoms with van der Waals surface area (Å²) >= 11 is 0. The Morgan fingerprint density at radius 2 is 1.13 bits per heavy atom. The summed E-state index contributed by atoms with van der Waals surface area (Å²) in [5.41, 5.74) is 0. The zero-order valence-electron chi connectivity index (χ0n) is 11.7. The molecule has 0 bridgehead atoms. The minimum absolute atomic E-state index is 1.11. The molecule has 0 amide bonds. The average molecular weight is 249 g/mol. The fraction of sp³-hybridized carbons (Fsp3) is 1.00. The average Bonchev–Trinajstić information content (AvgIpc) is 1.73. The number of nitrogens with zero attached hydrogens (tertiary/aromatic N) is 2. The van der Waals surface area contributed by atoms with Crippen molar-refractivity contribution in [3.05, 3.63) is 0 Å². The Balaban J connectivity index is 4.54. The van der Waals surface area contributed by atoms with Gasteiger partial charge in [0, 0.05) is 12.3 Å². The van der Waals surface area contributed by atoms with Gasteiger partial charge in [-0.25, -0.2) is 0 Å². The van der Waals surface area contributed by atoms with Gasteiger partial charge >= 0.3 is 0 Å². The smallest absolute Gasteiger partial charge is 0.204 e. The predicted octanol–water partition coefficient (Wildman–Crippen LogP) is 1.61. The number of rotatable bonds is 6. The molecule has 0 radical (unpaired) electrons. The highest BCUT2D eigenvalue weighted by molar-refractivity contribution is 6.85. The largest absolute Gasteiger partial charge is 0.454 e. The summed E-state index contributed by atoms with van der Waals surface area (Å²) in [6.07, 6.45) is 2.21. The highest BCUT2D eigenvalue weighted by Crippen LogP contribution is 2.15. The summed E-state index contributed by atoms with van der Waals surface area (Å²) in [5, 5.41) is 0. The highest BCUT2D eigenvalue weighted by atomic mass is 28.4. The van der Waals surface area contributed by atoms with Crippen molar-refractivity contribution in [2.24, 2.45) is 0 Å². The fourth-order valence-electron chi connectivity index (χ4n) is 2.19. The van der Waals surface area contributed by atoms with Crippen LogP contribution in [0.15, 0.2) is 0 Å². The molecule has 0 saturated carbocycles. The third kappa shape index (κ3) is 8.16. The molecule has 0 N–H and O–H groups in total. The summed E-state index contributed by atoms with van der Waals surface area (Å²) in [7, 11) is 5.52. The van der Waals surface area contributed by atoms with Crippen molar-refractivity contribution in [3.8, 4) is 0 Å². The summed E-state index contributed by atoms with van der Waals surface area (Å²) < 4.78 is 6.44. The first-order chi connectivity index (χ1) is 6.54. The van der Waals surface area contributed by atoms with Gasteiger partial charge in [0.05, 0.1) is 0 Å². The second-order valence-corrected chi connectivity index (χ2v) is 14.7. The Kier molecular flexibility index (Phi) is 5.70. The van der Waals surface area contributed by atoms with E-state index in [0.29, 0.717) is 0 Å². The molecule has 92 valence electrons. The molecular weight excluding hydrogens is 220 g/mol. The number of hydrogen-bond acceptors (Lipinski definition) is 3. The van der Waals surface area contributed by atoms with Crippen LogP contribution in [-0.4, -0.2) is 67.0 Å². The van der Waals surface area contributed by atoms with E-state index in [0.717, 1.165) is 12.3 Å². The van der Waals surface area contributed by atoms with Gasteiger partial charge in [0.2, 0.25) is 8.32 Å². The Morgan fingerprint density at radius 1 is 0.800 bits per heavy atom. The van der Waals surface area contributed by atoms with Gasteiger partial charge in [-0.3, -0.25) is 0 Å². The molecule has 0 spiro atoms. The lowest BCUT2D eigenvalue weighted by Gasteiger charge is -2.38. The van der Waals surface area contributed by atoms with Crippen LogP contribution in [0.4, 0.5) is 0 Å². The Morgan fingerprint density at radius 3 is 1.33 bits per heavy atom. The van der Waals surface area contributed by atoms with Gasteiger partial charge in [0.25, 0.3) is 0 Å². The summed E-state index contributed by atoms with van der Waals surface area (Å²) in [6, 6.07) is 0. The monoisotopic (exact) mass is 248 g/mol. The first-order valence-corrected chi connectivity index (χ1v) is 11.8. The van der Waals surface area contributed by atoms with Crippen molar-refractivity contribution in [1.82, 2.24) is 9.80 Å². The minimum Gasteiger partial charge on any atom is -0.454 e. The van der Waals surface area contributed by atoms with Crippen LogP contribution in [0, 0.1) is 0 Å². The molecule has 3 nitrogen and oxygen atoms in total. The van der Waals surface area contributed by atoms with Crippen molar-refractivity contribution in [3.63, 3.8) is 0 Å². The lowest BCUT2D eigenvalue weighted by atomic mass is 11.0. The topological polar surface area (TPSA) is 15.7 Å². The van der Waals surface area contributed by atoms with Crippen molar-refractivity contribution >= 4 is 16.6 Å². The molecule has 0 fully saturated rings. The quantitative estimate of drug-likeness (QED) is 0.664. The molecule has 0 aliphatic rings. The molecule has 0 unspecified atom stereocenters. The van der Waals surface area contributed by atoms with Gasteiger partial charge in [-0.05, 0) is 54.4 Å². The van der Waals surface area contributed by atoms with Crippen LogP contribution in [-0.2, 0) is 4.12 Å². The van der Waals surface area contributed by atoms with E-state index in [4.69, 9.17) is 4.12 Å².